The molecule has 5 heteroatoms. The van der Waals surface area contributed by atoms with Crippen molar-refractivity contribution >= 4 is 43.6 Å². The van der Waals surface area contributed by atoms with Gasteiger partial charge in [0.1, 0.15) is 0 Å². The summed E-state index contributed by atoms with van der Waals surface area (Å²) in [5.74, 6) is 1.85. The fourth-order valence-corrected chi connectivity index (χ4v) is 9.97. The zero-order valence-electron chi connectivity index (χ0n) is 36.9. The third kappa shape index (κ3) is 6.76. The standard InChI is InChI=1S/C63H41N5/c1-3-17-42(18-4-1)46-21-15-22-48(39-46)51-38-37-47(41-60(51)68-58-31-13-9-27-54(58)55-28-10-14-32-59(55)68)43-33-35-45(36-34-43)62-64-61(44-19-5-2-6-20-44)65-63(66-62)49-23-16-24-50(40-49)67-56-29-11-7-25-52(56)53-26-8-12-30-57(53)67/h1-41H. The maximum Gasteiger partial charge on any atom is 0.164 e. The van der Waals surface area contributed by atoms with Crippen molar-refractivity contribution in [1.29, 1.82) is 0 Å². The van der Waals surface area contributed by atoms with Crippen molar-refractivity contribution in [2.45, 2.75) is 0 Å². The van der Waals surface area contributed by atoms with Crippen molar-refractivity contribution in [3.63, 3.8) is 0 Å². The van der Waals surface area contributed by atoms with Crippen LogP contribution in [0.25, 0.3) is 123 Å². The minimum Gasteiger partial charge on any atom is -0.309 e. The van der Waals surface area contributed by atoms with E-state index in [4.69, 9.17) is 15.0 Å². The quantitative estimate of drug-likeness (QED) is 0.153. The fourth-order valence-electron chi connectivity index (χ4n) is 9.97. The average molecular weight is 868 g/mol. The van der Waals surface area contributed by atoms with E-state index in [0.29, 0.717) is 17.5 Å². The Balaban J connectivity index is 0.927. The first-order valence-corrected chi connectivity index (χ1v) is 23.0. The molecule has 0 spiro atoms. The fraction of sp³-hybridized carbons (Fsp3) is 0. The third-order valence-corrected chi connectivity index (χ3v) is 13.2. The van der Waals surface area contributed by atoms with Gasteiger partial charge in [0, 0.05) is 49.5 Å². The Morgan fingerprint density at radius 2 is 0.618 bits per heavy atom. The van der Waals surface area contributed by atoms with Gasteiger partial charge in [-0.2, -0.15) is 0 Å². The van der Waals surface area contributed by atoms with Crippen molar-refractivity contribution in [1.82, 2.24) is 24.1 Å². The Morgan fingerprint density at radius 3 is 1.21 bits per heavy atom. The molecule has 318 valence electrons. The van der Waals surface area contributed by atoms with E-state index in [1.54, 1.807) is 0 Å². The lowest BCUT2D eigenvalue weighted by Gasteiger charge is -2.17. The first kappa shape index (κ1) is 39.2. The molecule has 0 fully saturated rings. The van der Waals surface area contributed by atoms with Crippen LogP contribution in [-0.4, -0.2) is 24.1 Å². The zero-order chi connectivity index (χ0) is 45.0. The lowest BCUT2D eigenvalue weighted by molar-refractivity contribution is 1.07. The molecule has 3 aromatic heterocycles. The van der Waals surface area contributed by atoms with Crippen molar-refractivity contribution in [2.75, 3.05) is 0 Å². The molecule has 3 heterocycles. The Labute approximate surface area is 393 Å². The van der Waals surface area contributed by atoms with Gasteiger partial charge in [-0.05, 0) is 76.3 Å². The van der Waals surface area contributed by atoms with Crippen LogP contribution in [0.2, 0.25) is 0 Å². The zero-order valence-corrected chi connectivity index (χ0v) is 36.9. The second kappa shape index (κ2) is 16.4. The van der Waals surface area contributed by atoms with E-state index in [9.17, 15) is 0 Å². The summed E-state index contributed by atoms with van der Waals surface area (Å²) in [5.41, 5.74) is 16.5. The maximum absolute atomic E-state index is 5.19. The van der Waals surface area contributed by atoms with E-state index in [2.05, 4.69) is 240 Å². The summed E-state index contributed by atoms with van der Waals surface area (Å²) >= 11 is 0. The van der Waals surface area contributed by atoms with E-state index < -0.39 is 0 Å². The first-order valence-electron chi connectivity index (χ1n) is 23.0. The van der Waals surface area contributed by atoms with Gasteiger partial charge in [-0.1, -0.05) is 200 Å². The van der Waals surface area contributed by atoms with Crippen LogP contribution < -0.4 is 0 Å². The van der Waals surface area contributed by atoms with Gasteiger partial charge in [0.25, 0.3) is 0 Å². The molecule has 0 aliphatic carbocycles. The molecule has 13 aromatic rings. The highest BCUT2D eigenvalue weighted by Gasteiger charge is 2.19. The van der Waals surface area contributed by atoms with Crippen molar-refractivity contribution in [2.24, 2.45) is 0 Å². The van der Waals surface area contributed by atoms with E-state index in [0.717, 1.165) is 61.4 Å². The van der Waals surface area contributed by atoms with Gasteiger partial charge in [0.05, 0.1) is 27.8 Å². The molecule has 0 radical (unpaired) electrons. The summed E-state index contributed by atoms with van der Waals surface area (Å²) in [6, 6.07) is 88.3. The molecule has 0 N–H and O–H groups in total. The topological polar surface area (TPSA) is 48.5 Å². The summed E-state index contributed by atoms with van der Waals surface area (Å²) in [4.78, 5) is 15.4. The summed E-state index contributed by atoms with van der Waals surface area (Å²) in [6.45, 7) is 0. The third-order valence-electron chi connectivity index (χ3n) is 13.2. The van der Waals surface area contributed by atoms with Gasteiger partial charge >= 0.3 is 0 Å². The van der Waals surface area contributed by atoms with E-state index >= 15 is 0 Å². The number of fused-ring (bicyclic) bond motifs is 6. The van der Waals surface area contributed by atoms with Gasteiger partial charge in [-0.3, -0.25) is 0 Å². The molecule has 13 rings (SSSR count). The first-order chi connectivity index (χ1) is 33.7. The molecular formula is C63H41N5. The summed E-state index contributed by atoms with van der Waals surface area (Å²) in [5, 5.41) is 4.90. The van der Waals surface area contributed by atoms with Crippen molar-refractivity contribution in [3.8, 4) is 78.9 Å². The molecule has 0 amide bonds. The number of benzene rings is 10. The van der Waals surface area contributed by atoms with Gasteiger partial charge in [0.2, 0.25) is 0 Å². The molecule has 0 saturated carbocycles. The molecule has 0 aliphatic heterocycles. The SMILES string of the molecule is c1ccc(-c2cccc(-c3ccc(-c4ccc(-c5nc(-c6ccccc6)nc(-c6cccc(-n7c8ccccc8c8ccccc87)c6)n5)cc4)cc3-n3c4ccccc4c4ccccc43)c2)cc1. The van der Waals surface area contributed by atoms with E-state index in [1.807, 2.05) is 18.2 Å². The minimum atomic E-state index is 0.613. The summed E-state index contributed by atoms with van der Waals surface area (Å²) in [7, 11) is 0. The number of hydrogen-bond donors (Lipinski definition) is 0. The highest BCUT2D eigenvalue weighted by Crippen LogP contribution is 2.40. The van der Waals surface area contributed by atoms with Gasteiger partial charge in [-0.25, -0.2) is 15.0 Å². The molecule has 68 heavy (non-hydrogen) atoms. The lowest BCUT2D eigenvalue weighted by atomic mass is 9.95. The Hall–Kier alpha value is -9.19. The van der Waals surface area contributed by atoms with E-state index in [-0.39, 0.29) is 0 Å². The number of hydrogen-bond acceptors (Lipinski definition) is 3. The summed E-state index contributed by atoms with van der Waals surface area (Å²) < 4.78 is 4.76. The van der Waals surface area contributed by atoms with Crippen molar-refractivity contribution in [3.05, 3.63) is 249 Å². The molecule has 10 aromatic carbocycles. The van der Waals surface area contributed by atoms with Gasteiger partial charge < -0.3 is 9.13 Å². The molecule has 0 aliphatic rings. The van der Waals surface area contributed by atoms with Crippen LogP contribution in [0.1, 0.15) is 0 Å². The number of rotatable bonds is 8. The Kier molecular flexibility index (Phi) is 9.43. The van der Waals surface area contributed by atoms with Crippen LogP contribution in [0.5, 0.6) is 0 Å². The largest absolute Gasteiger partial charge is 0.309 e. The lowest BCUT2D eigenvalue weighted by Crippen LogP contribution is -2.01. The van der Waals surface area contributed by atoms with Gasteiger partial charge in [-0.15, -0.1) is 0 Å². The minimum absolute atomic E-state index is 0.613. The average Bonchev–Trinajstić information content (AvgIpc) is 3.94. The maximum atomic E-state index is 5.19. The number of nitrogens with zero attached hydrogens (tertiary/aromatic N) is 5. The predicted molar refractivity (Wildman–Crippen MR) is 281 cm³/mol. The number of para-hydroxylation sites is 4. The molecule has 0 atom stereocenters. The number of aromatic nitrogens is 5. The second-order valence-corrected chi connectivity index (χ2v) is 17.2. The molecule has 0 unspecified atom stereocenters. The van der Waals surface area contributed by atoms with Crippen LogP contribution in [0, 0.1) is 0 Å². The van der Waals surface area contributed by atoms with Crippen molar-refractivity contribution < 1.29 is 0 Å². The van der Waals surface area contributed by atoms with Crippen LogP contribution in [-0.2, 0) is 0 Å². The van der Waals surface area contributed by atoms with Crippen LogP contribution >= 0.6 is 0 Å². The Bertz CT molecular complexity index is 3910. The molecule has 0 bridgehead atoms. The molecular weight excluding hydrogens is 827 g/mol. The Morgan fingerprint density at radius 1 is 0.235 bits per heavy atom. The predicted octanol–water partition coefficient (Wildman–Crippen LogP) is 16.1. The molecule has 0 saturated heterocycles. The van der Waals surface area contributed by atoms with E-state index in [1.165, 1.54) is 43.7 Å². The van der Waals surface area contributed by atoms with Gasteiger partial charge in [0.15, 0.2) is 17.5 Å². The van der Waals surface area contributed by atoms with Crippen LogP contribution in [0.3, 0.4) is 0 Å². The highest BCUT2D eigenvalue weighted by atomic mass is 15.0. The van der Waals surface area contributed by atoms with Crippen LogP contribution in [0.15, 0.2) is 249 Å². The smallest absolute Gasteiger partial charge is 0.164 e. The normalized spacial score (nSPS) is 11.5. The highest BCUT2D eigenvalue weighted by molar-refractivity contribution is 6.10. The van der Waals surface area contributed by atoms with Crippen LogP contribution in [0.4, 0.5) is 0 Å². The second-order valence-electron chi connectivity index (χ2n) is 17.2. The molecule has 5 nitrogen and oxygen atoms in total. The monoisotopic (exact) mass is 867 g/mol. The summed E-state index contributed by atoms with van der Waals surface area (Å²) in [6.07, 6.45) is 0.